The minimum atomic E-state index is -1.23. The number of anilines is 1. The molecule has 1 atom stereocenters. The van der Waals surface area contributed by atoms with Gasteiger partial charge in [0.05, 0.1) is 18.5 Å². The summed E-state index contributed by atoms with van der Waals surface area (Å²) in [5, 5.41) is 3.70. The minimum absolute atomic E-state index is 0.142. The fraction of sp³-hybridized carbons (Fsp3) is 0.289. The number of carbonyl (C=O) groups is 2. The van der Waals surface area contributed by atoms with E-state index in [4.69, 9.17) is 14.2 Å². The van der Waals surface area contributed by atoms with Crippen LogP contribution in [-0.2, 0) is 19.3 Å². The number of thioether (sulfide) groups is 1. The molecule has 4 aromatic rings. The van der Waals surface area contributed by atoms with Crippen molar-refractivity contribution in [3.8, 4) is 11.5 Å². The van der Waals surface area contributed by atoms with Gasteiger partial charge in [-0.3, -0.25) is 19.3 Å². The Balaban J connectivity index is 0.00000174. The predicted octanol–water partition coefficient (Wildman–Crippen LogP) is 6.44. The maximum atomic E-state index is 12.5. The molecule has 0 fully saturated rings. The number of nitrogens with one attached hydrogen (secondary N) is 2. The van der Waals surface area contributed by atoms with Gasteiger partial charge in [-0.25, -0.2) is 0 Å². The molecule has 11 heteroatoms. The average molecular weight is 685 g/mol. The summed E-state index contributed by atoms with van der Waals surface area (Å²) in [5.74, 6) is 0.517. The molecule has 0 saturated carbocycles. The van der Waals surface area contributed by atoms with Crippen molar-refractivity contribution < 1.29 is 23.8 Å². The lowest BCUT2D eigenvalue weighted by atomic mass is 10.0. The Hall–Kier alpha value is -5.00. The van der Waals surface area contributed by atoms with Gasteiger partial charge in [0.1, 0.15) is 11.5 Å². The van der Waals surface area contributed by atoms with E-state index in [9.17, 15) is 14.4 Å². The van der Waals surface area contributed by atoms with Crippen LogP contribution in [-0.4, -0.2) is 62.2 Å². The molecule has 258 valence electrons. The van der Waals surface area contributed by atoms with Crippen LogP contribution in [0.5, 0.6) is 11.5 Å². The molecule has 0 radical (unpaired) electrons. The number of esters is 1. The standard InChI is InChI=1S/C35H36N4O6S.C3H8/c1-23(21-38(4)19-18-36-34(42)22-44-29-15-16-30-26(20-29)10-17-33(41)37-30)39-24(2)35(45-25(3)40,27-11-13-28(43-5)14-12-27)46-32-9-7-6-8-31(32)39;1-3-2/h6-17,20H,1-2,18-19,21-22H2,3-5H3,(H,36,42)(H,37,41);3H2,1-2H3. The topological polar surface area (TPSA) is 113 Å². The number of rotatable bonds is 12. The van der Waals surface area contributed by atoms with E-state index in [0.717, 1.165) is 27.2 Å². The monoisotopic (exact) mass is 684 g/mol. The highest BCUT2D eigenvalue weighted by Crippen LogP contribution is 2.56. The summed E-state index contributed by atoms with van der Waals surface area (Å²) in [6.45, 7) is 15.7. The minimum Gasteiger partial charge on any atom is -0.497 e. The number of amides is 1. The van der Waals surface area contributed by atoms with Crippen LogP contribution in [0.25, 0.3) is 10.9 Å². The number of nitrogens with zero attached hydrogens (tertiary/aromatic N) is 2. The molecule has 1 aliphatic heterocycles. The molecule has 0 bridgehead atoms. The van der Waals surface area contributed by atoms with Gasteiger partial charge in [-0.1, -0.05) is 69.5 Å². The lowest BCUT2D eigenvalue weighted by molar-refractivity contribution is -0.147. The van der Waals surface area contributed by atoms with Gasteiger partial charge in [0.2, 0.25) is 10.5 Å². The third-order valence-electron chi connectivity index (χ3n) is 7.42. The third kappa shape index (κ3) is 9.13. The summed E-state index contributed by atoms with van der Waals surface area (Å²) in [6.07, 6.45) is 1.25. The van der Waals surface area contributed by atoms with Crippen LogP contribution in [0.2, 0.25) is 0 Å². The second-order valence-electron chi connectivity index (χ2n) is 11.5. The summed E-state index contributed by atoms with van der Waals surface area (Å²) in [6, 6.07) is 23.6. The summed E-state index contributed by atoms with van der Waals surface area (Å²) < 4.78 is 17.1. The molecule has 1 unspecified atom stereocenters. The quantitative estimate of drug-likeness (QED) is 0.163. The van der Waals surface area contributed by atoms with Crippen LogP contribution in [0.3, 0.4) is 0 Å². The number of hydrogen-bond donors (Lipinski definition) is 2. The highest BCUT2D eigenvalue weighted by molar-refractivity contribution is 8.00. The van der Waals surface area contributed by atoms with E-state index >= 15 is 0 Å². The normalized spacial score (nSPS) is 15.1. The first-order valence-electron chi connectivity index (χ1n) is 16.0. The van der Waals surface area contributed by atoms with Gasteiger partial charge < -0.3 is 29.4 Å². The zero-order valence-corrected chi connectivity index (χ0v) is 29.5. The van der Waals surface area contributed by atoms with E-state index in [1.165, 1.54) is 31.2 Å². The van der Waals surface area contributed by atoms with Gasteiger partial charge in [-0.2, -0.15) is 0 Å². The van der Waals surface area contributed by atoms with Crippen LogP contribution in [0.4, 0.5) is 5.69 Å². The molecule has 2 N–H and O–H groups in total. The fourth-order valence-corrected chi connectivity index (χ4v) is 6.58. The first-order valence-corrected chi connectivity index (χ1v) is 16.8. The maximum Gasteiger partial charge on any atom is 0.304 e. The van der Waals surface area contributed by atoms with Crippen molar-refractivity contribution in [1.29, 1.82) is 0 Å². The number of pyridine rings is 1. The van der Waals surface area contributed by atoms with E-state index in [1.807, 2.05) is 65.4 Å². The lowest BCUT2D eigenvalue weighted by Gasteiger charge is -2.46. The summed E-state index contributed by atoms with van der Waals surface area (Å²) >= 11 is 1.42. The Morgan fingerprint density at radius 1 is 1.02 bits per heavy atom. The van der Waals surface area contributed by atoms with Crippen molar-refractivity contribution in [1.82, 2.24) is 15.2 Å². The molecular formula is C38H44N4O6S. The van der Waals surface area contributed by atoms with E-state index in [0.29, 0.717) is 42.3 Å². The molecule has 5 rings (SSSR count). The summed E-state index contributed by atoms with van der Waals surface area (Å²) in [4.78, 5) is 42.9. The fourth-order valence-electron chi connectivity index (χ4n) is 5.24. The van der Waals surface area contributed by atoms with Crippen LogP contribution < -0.4 is 25.2 Å². The van der Waals surface area contributed by atoms with Crippen molar-refractivity contribution in [2.24, 2.45) is 0 Å². The van der Waals surface area contributed by atoms with Crippen molar-refractivity contribution in [3.63, 3.8) is 0 Å². The van der Waals surface area contributed by atoms with Crippen LogP contribution in [0.1, 0.15) is 32.8 Å². The van der Waals surface area contributed by atoms with E-state index < -0.39 is 10.9 Å². The van der Waals surface area contributed by atoms with Gasteiger partial charge in [0.15, 0.2) is 6.61 Å². The van der Waals surface area contributed by atoms with Crippen molar-refractivity contribution in [3.05, 3.63) is 119 Å². The predicted molar refractivity (Wildman–Crippen MR) is 196 cm³/mol. The van der Waals surface area contributed by atoms with Gasteiger partial charge in [0, 0.05) is 59.7 Å². The first-order chi connectivity index (χ1) is 23.5. The van der Waals surface area contributed by atoms with Gasteiger partial charge in [-0.15, -0.1) is 0 Å². The van der Waals surface area contributed by atoms with Crippen LogP contribution in [0, 0.1) is 0 Å². The van der Waals surface area contributed by atoms with E-state index in [2.05, 4.69) is 37.3 Å². The molecule has 2 heterocycles. The molecule has 49 heavy (non-hydrogen) atoms. The number of methoxy groups -OCH3 is 1. The Bertz CT molecular complexity index is 1860. The summed E-state index contributed by atoms with van der Waals surface area (Å²) in [5.41, 5.74) is 3.41. The van der Waals surface area contributed by atoms with Gasteiger partial charge >= 0.3 is 5.97 Å². The van der Waals surface area contributed by atoms with E-state index in [1.54, 1.807) is 31.4 Å². The molecule has 0 spiro atoms. The highest BCUT2D eigenvalue weighted by atomic mass is 32.2. The van der Waals surface area contributed by atoms with Crippen LogP contribution >= 0.6 is 11.8 Å². The number of carbonyl (C=O) groups excluding carboxylic acids is 2. The molecule has 1 amide bonds. The molecule has 3 aromatic carbocycles. The second-order valence-corrected chi connectivity index (χ2v) is 12.7. The lowest BCUT2D eigenvalue weighted by Crippen LogP contribution is -2.44. The number of hydrogen-bond acceptors (Lipinski definition) is 9. The Morgan fingerprint density at radius 3 is 2.41 bits per heavy atom. The zero-order valence-electron chi connectivity index (χ0n) is 28.7. The number of fused-ring (bicyclic) bond motifs is 2. The number of para-hydroxylation sites is 1. The van der Waals surface area contributed by atoms with Gasteiger partial charge in [-0.05, 0) is 55.6 Å². The SMILES string of the molecule is C=C(CN(C)CCNC(=O)COc1ccc2[nH]c(=O)ccc2c1)N1C(=C)C(OC(C)=O)(c2ccc(OC)cc2)Sc2ccccc21.CCC. The maximum absolute atomic E-state index is 12.5. The number of likely N-dealkylation sites (N-methyl/N-ethyl adjacent to an activating group) is 1. The molecule has 1 aromatic heterocycles. The third-order valence-corrected chi connectivity index (χ3v) is 8.82. The molecule has 0 saturated heterocycles. The Labute approximate surface area is 291 Å². The van der Waals surface area contributed by atoms with Crippen molar-refractivity contribution >= 4 is 40.2 Å². The smallest absolute Gasteiger partial charge is 0.304 e. The highest BCUT2D eigenvalue weighted by Gasteiger charge is 2.48. The Morgan fingerprint density at radius 2 is 1.71 bits per heavy atom. The van der Waals surface area contributed by atoms with Gasteiger partial charge in [0.25, 0.3) is 5.91 Å². The Kier molecular flexibility index (Phi) is 12.7. The summed E-state index contributed by atoms with van der Waals surface area (Å²) in [7, 11) is 3.53. The number of aromatic nitrogens is 1. The molecule has 1 aliphatic rings. The zero-order chi connectivity index (χ0) is 35.6. The second kappa shape index (κ2) is 16.9. The average Bonchev–Trinajstić information content (AvgIpc) is 3.07. The van der Waals surface area contributed by atoms with Crippen LogP contribution in [0.15, 0.2) is 113 Å². The first kappa shape index (κ1) is 36.8. The van der Waals surface area contributed by atoms with Crippen molar-refractivity contribution in [2.45, 2.75) is 37.0 Å². The van der Waals surface area contributed by atoms with Crippen molar-refractivity contribution in [2.75, 3.05) is 45.3 Å². The number of aromatic amines is 1. The largest absolute Gasteiger partial charge is 0.497 e. The molecule has 0 aliphatic carbocycles. The van der Waals surface area contributed by atoms with E-state index in [-0.39, 0.29) is 18.1 Å². The number of benzene rings is 3. The molecule has 10 nitrogen and oxygen atoms in total. The number of ether oxygens (including phenoxy) is 3. The number of H-pyrrole nitrogens is 1. The molecular weight excluding hydrogens is 641 g/mol.